The molecule has 13 heteroatoms. The molecule has 2 amide bonds. The van der Waals surface area contributed by atoms with Crippen LogP contribution in [0.4, 0.5) is 23.4 Å². The number of piperazine rings is 1. The molecular weight excluding hydrogens is 476 g/mol. The summed E-state index contributed by atoms with van der Waals surface area (Å²) >= 11 is 0. The molecule has 0 bridgehead atoms. The molecule has 37 heavy (non-hydrogen) atoms. The fraction of sp³-hybridized carbons (Fsp3) is 0.542. The molecular formula is C24H36N10O3. The van der Waals surface area contributed by atoms with E-state index in [9.17, 15) is 9.59 Å². The quantitative estimate of drug-likeness (QED) is 0.221. The third-order valence-electron chi connectivity index (χ3n) is 6.53. The highest BCUT2D eigenvalue weighted by Crippen LogP contribution is 2.32. The number of carbonyl (C=O) groups excluding carboxylic acids is 2. The van der Waals surface area contributed by atoms with Crippen molar-refractivity contribution in [1.29, 1.82) is 0 Å². The molecule has 200 valence electrons. The fourth-order valence-corrected chi connectivity index (χ4v) is 4.43. The predicted octanol–water partition coefficient (Wildman–Crippen LogP) is -0.116. The predicted molar refractivity (Wildman–Crippen MR) is 141 cm³/mol. The van der Waals surface area contributed by atoms with Gasteiger partial charge in [0.2, 0.25) is 17.8 Å². The number of fused-ring (bicyclic) bond motifs is 1. The second kappa shape index (κ2) is 12.6. The van der Waals surface area contributed by atoms with Gasteiger partial charge in [-0.2, -0.15) is 9.97 Å². The zero-order chi connectivity index (χ0) is 26.2. The summed E-state index contributed by atoms with van der Waals surface area (Å²) in [4.78, 5) is 48.3. The lowest BCUT2D eigenvalue weighted by molar-refractivity contribution is -0.125. The summed E-state index contributed by atoms with van der Waals surface area (Å²) in [5, 5.41) is 5.97. The van der Waals surface area contributed by atoms with Gasteiger partial charge in [0.1, 0.15) is 24.1 Å². The van der Waals surface area contributed by atoms with Crippen molar-refractivity contribution in [2.24, 2.45) is 5.90 Å². The van der Waals surface area contributed by atoms with Crippen LogP contribution in [0.15, 0.2) is 18.3 Å². The summed E-state index contributed by atoms with van der Waals surface area (Å²) < 4.78 is 0. The van der Waals surface area contributed by atoms with Gasteiger partial charge in [0.25, 0.3) is 0 Å². The second-order valence-corrected chi connectivity index (χ2v) is 9.19. The molecule has 0 unspecified atom stereocenters. The molecule has 4 heterocycles. The van der Waals surface area contributed by atoms with Crippen molar-refractivity contribution in [3.63, 3.8) is 0 Å². The van der Waals surface area contributed by atoms with Crippen molar-refractivity contribution in [2.45, 2.75) is 32.7 Å². The number of hydrogen-bond acceptors (Lipinski definition) is 11. The van der Waals surface area contributed by atoms with E-state index in [-0.39, 0.29) is 24.8 Å². The Morgan fingerprint density at radius 1 is 1.16 bits per heavy atom. The van der Waals surface area contributed by atoms with Crippen molar-refractivity contribution < 1.29 is 14.4 Å². The van der Waals surface area contributed by atoms with Gasteiger partial charge < -0.3 is 21.3 Å². The zero-order valence-corrected chi connectivity index (χ0v) is 21.3. The minimum atomic E-state index is -0.218. The Kier molecular flexibility index (Phi) is 9.04. The van der Waals surface area contributed by atoms with Gasteiger partial charge in [0.15, 0.2) is 0 Å². The summed E-state index contributed by atoms with van der Waals surface area (Å²) in [6.07, 6.45) is 4.07. The molecule has 2 aliphatic heterocycles. The molecule has 4 rings (SSSR count). The molecule has 6 N–H and O–H groups in total. The Hall–Kier alpha value is -3.55. The molecule has 1 saturated heterocycles. The number of unbranched alkanes of at least 4 members (excludes halogenated alkanes) is 1. The maximum Gasteiger partial charge on any atom is 0.248 e. The first-order chi connectivity index (χ1) is 18.0. The fourth-order valence-electron chi connectivity index (χ4n) is 4.43. The SMILES string of the molecule is CCCCNc1nc(N)c2c(n1)N(Cc1ccc(N3CCN(CCNC(=O)CON)CC3)nc1)C(=O)C2. The molecule has 0 atom stereocenters. The van der Waals surface area contributed by atoms with Gasteiger partial charge >= 0.3 is 0 Å². The lowest BCUT2D eigenvalue weighted by atomic mass is 10.2. The van der Waals surface area contributed by atoms with Gasteiger partial charge in [-0.05, 0) is 18.1 Å². The lowest BCUT2D eigenvalue weighted by Gasteiger charge is -2.35. The summed E-state index contributed by atoms with van der Waals surface area (Å²) in [5.74, 6) is 6.91. The first-order valence-electron chi connectivity index (χ1n) is 12.7. The van der Waals surface area contributed by atoms with E-state index in [2.05, 4.69) is 47.1 Å². The van der Waals surface area contributed by atoms with Crippen LogP contribution in [0.3, 0.4) is 0 Å². The number of amides is 2. The first-order valence-corrected chi connectivity index (χ1v) is 12.7. The van der Waals surface area contributed by atoms with Crippen LogP contribution in [0, 0.1) is 0 Å². The van der Waals surface area contributed by atoms with E-state index in [0.717, 1.165) is 63.5 Å². The Labute approximate surface area is 216 Å². The third kappa shape index (κ3) is 6.81. The van der Waals surface area contributed by atoms with Crippen LogP contribution < -0.4 is 32.1 Å². The van der Waals surface area contributed by atoms with Crippen LogP contribution in [-0.4, -0.2) is 84.1 Å². The van der Waals surface area contributed by atoms with Crippen LogP contribution in [0.1, 0.15) is 30.9 Å². The van der Waals surface area contributed by atoms with Gasteiger partial charge in [-0.25, -0.2) is 10.9 Å². The van der Waals surface area contributed by atoms with Crippen molar-refractivity contribution in [2.75, 3.05) is 73.3 Å². The van der Waals surface area contributed by atoms with Gasteiger partial charge in [0.05, 0.1) is 13.0 Å². The van der Waals surface area contributed by atoms with Gasteiger partial charge in [-0.3, -0.25) is 24.2 Å². The maximum atomic E-state index is 12.8. The van der Waals surface area contributed by atoms with E-state index in [1.807, 2.05) is 18.3 Å². The lowest BCUT2D eigenvalue weighted by Crippen LogP contribution is -2.48. The molecule has 0 aliphatic carbocycles. The highest BCUT2D eigenvalue weighted by Gasteiger charge is 2.32. The van der Waals surface area contributed by atoms with Crippen LogP contribution in [0.25, 0.3) is 0 Å². The van der Waals surface area contributed by atoms with Crippen molar-refractivity contribution in [3.05, 3.63) is 29.5 Å². The number of carbonyl (C=O) groups is 2. The molecule has 13 nitrogen and oxygen atoms in total. The number of nitrogens with one attached hydrogen (secondary N) is 2. The first kappa shape index (κ1) is 26.5. The number of rotatable bonds is 12. The van der Waals surface area contributed by atoms with Gasteiger partial charge in [0, 0.05) is 57.6 Å². The zero-order valence-electron chi connectivity index (χ0n) is 21.3. The monoisotopic (exact) mass is 512 g/mol. The normalized spacial score (nSPS) is 15.7. The van der Waals surface area contributed by atoms with E-state index >= 15 is 0 Å². The molecule has 2 aliphatic rings. The van der Waals surface area contributed by atoms with E-state index in [4.69, 9.17) is 11.6 Å². The highest BCUT2D eigenvalue weighted by molar-refractivity contribution is 6.01. The Balaban J connectivity index is 1.31. The average Bonchev–Trinajstić information content (AvgIpc) is 3.21. The summed E-state index contributed by atoms with van der Waals surface area (Å²) in [6.45, 7) is 7.87. The van der Waals surface area contributed by atoms with Crippen LogP contribution >= 0.6 is 0 Å². The topological polar surface area (TPSA) is 168 Å². The van der Waals surface area contributed by atoms with Crippen LogP contribution in [0.5, 0.6) is 0 Å². The molecule has 0 aromatic carbocycles. The van der Waals surface area contributed by atoms with Gasteiger partial charge in [-0.1, -0.05) is 19.4 Å². The standard InChI is InChI=1S/C24H36N10O3/c1-2-3-6-28-24-30-22(25)18-13-21(36)34(23(18)31-24)15-17-4-5-19(29-14-17)33-11-9-32(10-12-33)8-7-27-20(35)16-37-26/h4-5,14H,2-3,6-13,15-16,26H2,1H3,(H,27,35)(H3,25,28,30,31). The maximum absolute atomic E-state index is 12.8. The largest absolute Gasteiger partial charge is 0.383 e. The number of pyridine rings is 1. The van der Waals surface area contributed by atoms with E-state index in [1.54, 1.807) is 4.90 Å². The highest BCUT2D eigenvalue weighted by atomic mass is 16.6. The van der Waals surface area contributed by atoms with E-state index in [1.165, 1.54) is 0 Å². The molecule has 0 saturated carbocycles. The Morgan fingerprint density at radius 3 is 2.68 bits per heavy atom. The smallest absolute Gasteiger partial charge is 0.248 e. The summed E-state index contributed by atoms with van der Waals surface area (Å²) in [6, 6.07) is 3.99. The number of anilines is 4. The number of hydrogen-bond donors (Lipinski definition) is 4. The average molecular weight is 513 g/mol. The molecule has 1 fully saturated rings. The minimum absolute atomic E-state index is 0.0475. The van der Waals surface area contributed by atoms with E-state index in [0.29, 0.717) is 36.2 Å². The summed E-state index contributed by atoms with van der Waals surface area (Å²) in [7, 11) is 0. The van der Waals surface area contributed by atoms with Crippen LogP contribution in [0.2, 0.25) is 0 Å². The van der Waals surface area contributed by atoms with Crippen molar-refractivity contribution in [1.82, 2.24) is 25.2 Å². The number of nitrogens with zero attached hydrogens (tertiary/aromatic N) is 6. The summed E-state index contributed by atoms with van der Waals surface area (Å²) in [5.41, 5.74) is 7.74. The van der Waals surface area contributed by atoms with Crippen molar-refractivity contribution >= 4 is 35.2 Å². The number of nitrogen functional groups attached to an aromatic ring is 1. The number of aromatic nitrogens is 3. The third-order valence-corrected chi connectivity index (χ3v) is 6.53. The Bertz CT molecular complexity index is 1070. The minimum Gasteiger partial charge on any atom is -0.383 e. The number of nitrogens with two attached hydrogens (primary N) is 2. The molecule has 2 aromatic rings. The van der Waals surface area contributed by atoms with E-state index < -0.39 is 0 Å². The molecule has 0 radical (unpaired) electrons. The van der Waals surface area contributed by atoms with Crippen molar-refractivity contribution in [3.8, 4) is 0 Å². The molecule has 2 aromatic heterocycles. The second-order valence-electron chi connectivity index (χ2n) is 9.19. The van der Waals surface area contributed by atoms with Gasteiger partial charge in [-0.15, -0.1) is 0 Å². The van der Waals surface area contributed by atoms with Crippen LogP contribution in [-0.2, 0) is 27.4 Å². The Morgan fingerprint density at radius 2 is 1.97 bits per heavy atom. The molecule has 0 spiro atoms.